The summed E-state index contributed by atoms with van der Waals surface area (Å²) in [5, 5.41) is 20.6. The predicted octanol–water partition coefficient (Wildman–Crippen LogP) is 4.80. The maximum absolute atomic E-state index is 10.5. The minimum absolute atomic E-state index is 0.0589. The fourth-order valence-corrected chi connectivity index (χ4v) is 3.98. The molecule has 2 atom stereocenters. The highest BCUT2D eigenvalue weighted by molar-refractivity contribution is 5.85. The molecule has 0 aliphatic heterocycles. The van der Waals surface area contributed by atoms with E-state index in [9.17, 15) is 10.2 Å². The number of benzene rings is 2. The van der Waals surface area contributed by atoms with Crippen LogP contribution in [0.25, 0.3) is 0 Å². The van der Waals surface area contributed by atoms with Gasteiger partial charge in [0.1, 0.15) is 17.2 Å². The van der Waals surface area contributed by atoms with Gasteiger partial charge in [0, 0.05) is 54.5 Å². The molecule has 6 heteroatoms. The SMILES string of the molecule is CCN(CC)c1ccc(/C=N/[C@@H]2CCCC[C@H]2/N=C/c2ccc(OC)cc2O)c(O)c1. The highest BCUT2D eigenvalue weighted by Gasteiger charge is 2.23. The quantitative estimate of drug-likeness (QED) is 0.598. The Morgan fingerprint density at radius 2 is 1.45 bits per heavy atom. The second-order valence-electron chi connectivity index (χ2n) is 7.82. The zero-order valence-corrected chi connectivity index (χ0v) is 18.7. The van der Waals surface area contributed by atoms with Crippen LogP contribution in [0, 0.1) is 0 Å². The van der Waals surface area contributed by atoms with Crippen molar-refractivity contribution in [1.29, 1.82) is 0 Å². The number of hydrogen-bond acceptors (Lipinski definition) is 6. The Balaban J connectivity index is 1.73. The second kappa shape index (κ2) is 10.8. The van der Waals surface area contributed by atoms with Gasteiger partial charge in [-0.2, -0.15) is 0 Å². The molecule has 0 radical (unpaired) electrons. The number of phenols is 2. The average molecular weight is 424 g/mol. The van der Waals surface area contributed by atoms with E-state index in [2.05, 4.69) is 18.7 Å². The van der Waals surface area contributed by atoms with Gasteiger partial charge in [0.2, 0.25) is 0 Å². The van der Waals surface area contributed by atoms with Crippen LogP contribution in [0.3, 0.4) is 0 Å². The van der Waals surface area contributed by atoms with Crippen LogP contribution >= 0.6 is 0 Å². The Labute approximate surface area is 184 Å². The molecular formula is C25H33N3O3. The summed E-state index contributed by atoms with van der Waals surface area (Å²) in [5.74, 6) is 1.01. The first-order valence-electron chi connectivity index (χ1n) is 11.1. The number of phenolic OH excluding ortho intramolecular Hbond substituents is 2. The molecule has 2 N–H and O–H groups in total. The Morgan fingerprint density at radius 1 is 0.903 bits per heavy atom. The molecule has 0 aromatic heterocycles. The molecule has 1 fully saturated rings. The number of aliphatic imine (C=N–C) groups is 2. The number of methoxy groups -OCH3 is 1. The third-order valence-electron chi connectivity index (χ3n) is 5.88. The summed E-state index contributed by atoms with van der Waals surface area (Å²) >= 11 is 0. The molecule has 1 aliphatic rings. The Bertz CT molecular complexity index is 922. The minimum Gasteiger partial charge on any atom is -0.507 e. The van der Waals surface area contributed by atoms with Gasteiger partial charge in [-0.05, 0) is 51.0 Å². The lowest BCUT2D eigenvalue weighted by Gasteiger charge is -2.25. The first-order chi connectivity index (χ1) is 15.0. The van der Waals surface area contributed by atoms with E-state index in [1.165, 1.54) is 0 Å². The summed E-state index contributed by atoms with van der Waals surface area (Å²) in [7, 11) is 1.57. The summed E-state index contributed by atoms with van der Waals surface area (Å²) in [6.45, 7) is 6.00. The number of anilines is 1. The second-order valence-corrected chi connectivity index (χ2v) is 7.82. The largest absolute Gasteiger partial charge is 0.507 e. The van der Waals surface area contributed by atoms with Gasteiger partial charge in [-0.3, -0.25) is 9.98 Å². The smallest absolute Gasteiger partial charge is 0.128 e. The number of ether oxygens (including phenoxy) is 1. The van der Waals surface area contributed by atoms with Crippen molar-refractivity contribution in [3.63, 3.8) is 0 Å². The molecule has 166 valence electrons. The Hall–Kier alpha value is -3.02. The molecule has 6 nitrogen and oxygen atoms in total. The zero-order chi connectivity index (χ0) is 22.2. The van der Waals surface area contributed by atoms with Crippen molar-refractivity contribution in [3.8, 4) is 17.2 Å². The third-order valence-corrected chi connectivity index (χ3v) is 5.88. The van der Waals surface area contributed by atoms with E-state index in [0.29, 0.717) is 11.3 Å². The topological polar surface area (TPSA) is 77.7 Å². The maximum Gasteiger partial charge on any atom is 0.128 e. The Morgan fingerprint density at radius 3 is 1.94 bits per heavy atom. The van der Waals surface area contributed by atoms with E-state index >= 15 is 0 Å². The first-order valence-corrected chi connectivity index (χ1v) is 11.1. The van der Waals surface area contributed by atoms with Crippen LogP contribution < -0.4 is 9.64 Å². The van der Waals surface area contributed by atoms with Crippen molar-refractivity contribution >= 4 is 18.1 Å². The molecule has 0 heterocycles. The van der Waals surface area contributed by atoms with E-state index in [1.807, 2.05) is 18.2 Å². The third kappa shape index (κ3) is 5.78. The average Bonchev–Trinajstić information content (AvgIpc) is 2.79. The lowest BCUT2D eigenvalue weighted by molar-refractivity contribution is 0.390. The number of hydrogen-bond donors (Lipinski definition) is 2. The summed E-state index contributed by atoms with van der Waals surface area (Å²) in [6.07, 6.45) is 7.66. The maximum atomic E-state index is 10.5. The van der Waals surface area contributed by atoms with Gasteiger partial charge < -0.3 is 19.8 Å². The lowest BCUT2D eigenvalue weighted by atomic mass is 9.91. The Kier molecular flexibility index (Phi) is 7.93. The van der Waals surface area contributed by atoms with Gasteiger partial charge >= 0.3 is 0 Å². The molecule has 0 bridgehead atoms. The number of aromatic hydroxyl groups is 2. The standard InChI is InChI=1S/C25H33N3O3/c1-4-28(5-2)20-12-10-18(24(29)14-20)16-26-22-8-6-7-9-23(22)27-17-19-11-13-21(31-3)15-25(19)30/h10-17,22-23,29-30H,4-9H2,1-3H3/b26-16+,27-17+/t22-,23-/m1/s1. The number of rotatable bonds is 8. The van der Waals surface area contributed by atoms with E-state index in [1.54, 1.807) is 37.7 Å². The summed E-state index contributed by atoms with van der Waals surface area (Å²) in [5.41, 5.74) is 2.40. The molecule has 2 aromatic carbocycles. The van der Waals surface area contributed by atoms with Gasteiger partial charge in [-0.15, -0.1) is 0 Å². The molecule has 0 amide bonds. The predicted molar refractivity (Wildman–Crippen MR) is 128 cm³/mol. The normalized spacial score (nSPS) is 19.2. The molecule has 1 saturated carbocycles. The molecule has 0 unspecified atom stereocenters. The van der Waals surface area contributed by atoms with Crippen molar-refractivity contribution in [2.75, 3.05) is 25.1 Å². The first kappa shape index (κ1) is 22.7. The lowest BCUT2D eigenvalue weighted by Crippen LogP contribution is -2.27. The van der Waals surface area contributed by atoms with Gasteiger partial charge in [0.05, 0.1) is 19.2 Å². The van der Waals surface area contributed by atoms with Crippen LogP contribution in [0.5, 0.6) is 17.2 Å². The van der Waals surface area contributed by atoms with Crippen LogP contribution in [-0.4, -0.2) is 54.9 Å². The molecule has 1 aliphatic carbocycles. The van der Waals surface area contributed by atoms with Crippen molar-refractivity contribution in [1.82, 2.24) is 0 Å². The van der Waals surface area contributed by atoms with Crippen LogP contribution in [0.2, 0.25) is 0 Å². The fraction of sp³-hybridized carbons (Fsp3) is 0.440. The van der Waals surface area contributed by atoms with Gasteiger partial charge in [0.15, 0.2) is 0 Å². The molecule has 31 heavy (non-hydrogen) atoms. The number of nitrogens with zero attached hydrogens (tertiary/aromatic N) is 3. The van der Waals surface area contributed by atoms with Crippen LogP contribution in [0.1, 0.15) is 50.7 Å². The van der Waals surface area contributed by atoms with Crippen molar-refractivity contribution in [3.05, 3.63) is 47.5 Å². The van der Waals surface area contributed by atoms with Crippen molar-refractivity contribution in [2.24, 2.45) is 9.98 Å². The van der Waals surface area contributed by atoms with E-state index in [0.717, 1.165) is 50.0 Å². The molecule has 0 spiro atoms. The van der Waals surface area contributed by atoms with Crippen LogP contribution in [-0.2, 0) is 0 Å². The van der Waals surface area contributed by atoms with Gasteiger partial charge in [0.25, 0.3) is 0 Å². The summed E-state index contributed by atoms with van der Waals surface area (Å²) in [4.78, 5) is 11.7. The summed E-state index contributed by atoms with van der Waals surface area (Å²) in [6, 6.07) is 11.1. The zero-order valence-electron chi connectivity index (χ0n) is 18.7. The van der Waals surface area contributed by atoms with Crippen LogP contribution in [0.15, 0.2) is 46.4 Å². The molecule has 2 aromatic rings. The van der Waals surface area contributed by atoms with Crippen molar-refractivity contribution < 1.29 is 14.9 Å². The minimum atomic E-state index is 0.0589. The fourth-order valence-electron chi connectivity index (χ4n) is 3.98. The monoisotopic (exact) mass is 423 g/mol. The van der Waals surface area contributed by atoms with E-state index < -0.39 is 0 Å². The van der Waals surface area contributed by atoms with Gasteiger partial charge in [-0.25, -0.2) is 0 Å². The van der Waals surface area contributed by atoms with Gasteiger partial charge in [-0.1, -0.05) is 12.8 Å². The highest BCUT2D eigenvalue weighted by atomic mass is 16.5. The molecule has 0 saturated heterocycles. The molecule has 3 rings (SSSR count). The molecular weight excluding hydrogens is 390 g/mol. The van der Waals surface area contributed by atoms with Crippen molar-refractivity contribution in [2.45, 2.75) is 51.6 Å². The summed E-state index contributed by atoms with van der Waals surface area (Å²) < 4.78 is 5.13. The van der Waals surface area contributed by atoms with E-state index in [-0.39, 0.29) is 23.6 Å². The van der Waals surface area contributed by atoms with Crippen LogP contribution in [0.4, 0.5) is 5.69 Å². The van der Waals surface area contributed by atoms with E-state index in [4.69, 9.17) is 14.7 Å². The highest BCUT2D eigenvalue weighted by Crippen LogP contribution is 2.27.